The molecule has 2 amide bonds. The minimum atomic E-state index is -0.607. The Morgan fingerprint density at radius 1 is 1.10 bits per heavy atom. The largest absolute Gasteiger partial charge is 0.496 e. The number of nitrogens with zero attached hydrogens (tertiary/aromatic N) is 1. The van der Waals surface area contributed by atoms with Gasteiger partial charge in [0.2, 0.25) is 5.91 Å². The van der Waals surface area contributed by atoms with Gasteiger partial charge in [0, 0.05) is 16.8 Å². The number of hydrogen-bond donors (Lipinski definition) is 2. The van der Waals surface area contributed by atoms with Gasteiger partial charge in [-0.05, 0) is 37.3 Å². The molecule has 0 fully saturated rings. The Morgan fingerprint density at radius 2 is 1.81 bits per heavy atom. The fraction of sp³-hybridized carbons (Fsp3) is 0.133. The van der Waals surface area contributed by atoms with Crippen molar-refractivity contribution in [1.29, 1.82) is 0 Å². The van der Waals surface area contributed by atoms with Gasteiger partial charge >= 0.3 is 0 Å². The predicted octanol–water partition coefficient (Wildman–Crippen LogP) is 1.26. The van der Waals surface area contributed by atoms with E-state index >= 15 is 0 Å². The molecule has 0 aliphatic carbocycles. The van der Waals surface area contributed by atoms with Crippen molar-refractivity contribution in [2.75, 3.05) is 7.11 Å². The maximum absolute atomic E-state index is 11.6. The van der Waals surface area contributed by atoms with Crippen molar-refractivity contribution in [3.8, 4) is 17.0 Å². The summed E-state index contributed by atoms with van der Waals surface area (Å²) in [6, 6.07) is 7.97. The lowest BCUT2D eigenvalue weighted by Gasteiger charge is -2.12. The fourth-order valence-electron chi connectivity index (χ4n) is 2.01. The Hall–Kier alpha value is -2.89. The Labute approximate surface area is 121 Å². The molecule has 0 unspecified atom stereocenters. The Kier molecular flexibility index (Phi) is 3.89. The number of carbonyl (C=O) groups is 2. The maximum atomic E-state index is 11.6. The zero-order valence-corrected chi connectivity index (χ0v) is 11.7. The molecule has 0 radical (unpaired) electrons. The molecule has 1 heterocycles. The summed E-state index contributed by atoms with van der Waals surface area (Å²) in [5, 5.41) is 0. The van der Waals surface area contributed by atoms with Crippen LogP contribution in [0.4, 0.5) is 0 Å². The SMILES string of the molecule is COc1ccc(C(N)=O)cc1-c1nc(C)ccc1C(N)=O. The van der Waals surface area contributed by atoms with Crippen LogP contribution in [0, 0.1) is 6.92 Å². The molecule has 0 saturated carbocycles. The minimum absolute atomic E-state index is 0.250. The molecule has 4 N–H and O–H groups in total. The molecule has 1 aromatic heterocycles. The molecule has 0 aliphatic heterocycles. The maximum Gasteiger partial charge on any atom is 0.250 e. The number of methoxy groups -OCH3 is 1. The minimum Gasteiger partial charge on any atom is -0.496 e. The van der Waals surface area contributed by atoms with E-state index < -0.39 is 11.8 Å². The lowest BCUT2D eigenvalue weighted by atomic mass is 10.0. The summed E-state index contributed by atoms with van der Waals surface area (Å²) in [5.74, 6) is -0.711. The summed E-state index contributed by atoms with van der Waals surface area (Å²) in [6.07, 6.45) is 0. The van der Waals surface area contributed by atoms with Crippen molar-refractivity contribution >= 4 is 11.8 Å². The predicted molar refractivity (Wildman–Crippen MR) is 78.0 cm³/mol. The lowest BCUT2D eigenvalue weighted by Crippen LogP contribution is -2.14. The normalized spacial score (nSPS) is 10.2. The van der Waals surface area contributed by atoms with Crippen molar-refractivity contribution in [2.24, 2.45) is 11.5 Å². The standard InChI is InChI=1S/C15H15N3O3/c1-8-3-5-10(15(17)20)13(18-8)11-7-9(14(16)19)4-6-12(11)21-2/h3-7H,1-2H3,(H2,16,19)(H2,17,20). The molecule has 108 valence electrons. The van der Waals surface area contributed by atoms with Gasteiger partial charge in [0.1, 0.15) is 5.75 Å². The average molecular weight is 285 g/mol. The van der Waals surface area contributed by atoms with Crippen LogP contribution in [0.15, 0.2) is 30.3 Å². The first-order valence-electron chi connectivity index (χ1n) is 6.19. The third-order valence-electron chi connectivity index (χ3n) is 3.04. The molecule has 6 nitrogen and oxygen atoms in total. The van der Waals surface area contributed by atoms with E-state index in [0.717, 1.165) is 0 Å². The van der Waals surface area contributed by atoms with E-state index in [1.165, 1.54) is 13.2 Å². The number of aryl methyl sites for hydroxylation is 1. The van der Waals surface area contributed by atoms with Crippen molar-refractivity contribution < 1.29 is 14.3 Å². The lowest BCUT2D eigenvalue weighted by molar-refractivity contribution is 0.0992. The number of carbonyl (C=O) groups excluding carboxylic acids is 2. The Balaban J connectivity index is 2.75. The van der Waals surface area contributed by atoms with Crippen LogP contribution in [0.2, 0.25) is 0 Å². The summed E-state index contributed by atoms with van der Waals surface area (Å²) >= 11 is 0. The number of hydrogen-bond acceptors (Lipinski definition) is 4. The number of primary amides is 2. The first-order valence-corrected chi connectivity index (χ1v) is 6.19. The molecule has 2 aromatic rings. The highest BCUT2D eigenvalue weighted by Crippen LogP contribution is 2.32. The number of ether oxygens (including phenoxy) is 1. The fourth-order valence-corrected chi connectivity index (χ4v) is 2.01. The molecule has 21 heavy (non-hydrogen) atoms. The number of amides is 2. The summed E-state index contributed by atoms with van der Waals surface area (Å²) < 4.78 is 5.26. The van der Waals surface area contributed by atoms with E-state index in [1.54, 1.807) is 31.2 Å². The van der Waals surface area contributed by atoms with E-state index in [9.17, 15) is 9.59 Å². The van der Waals surface area contributed by atoms with E-state index in [0.29, 0.717) is 28.3 Å². The second-order valence-corrected chi connectivity index (χ2v) is 4.49. The van der Waals surface area contributed by atoms with Crippen LogP contribution in [0.5, 0.6) is 5.75 Å². The third kappa shape index (κ3) is 2.84. The highest BCUT2D eigenvalue weighted by atomic mass is 16.5. The van der Waals surface area contributed by atoms with Crippen LogP contribution in [-0.4, -0.2) is 23.9 Å². The zero-order valence-electron chi connectivity index (χ0n) is 11.7. The number of rotatable bonds is 4. The quantitative estimate of drug-likeness (QED) is 0.881. The smallest absolute Gasteiger partial charge is 0.250 e. The molecule has 0 saturated heterocycles. The molecule has 0 aliphatic rings. The van der Waals surface area contributed by atoms with Gasteiger partial charge in [0.05, 0.1) is 18.4 Å². The topological polar surface area (TPSA) is 108 Å². The third-order valence-corrected chi connectivity index (χ3v) is 3.04. The van der Waals surface area contributed by atoms with Crippen LogP contribution in [0.25, 0.3) is 11.3 Å². The second-order valence-electron chi connectivity index (χ2n) is 4.49. The van der Waals surface area contributed by atoms with Crippen LogP contribution < -0.4 is 16.2 Å². The summed E-state index contributed by atoms with van der Waals surface area (Å²) in [5.41, 5.74) is 12.8. The zero-order chi connectivity index (χ0) is 15.6. The van der Waals surface area contributed by atoms with Crippen molar-refractivity contribution in [3.63, 3.8) is 0 Å². The van der Waals surface area contributed by atoms with Gasteiger partial charge in [-0.15, -0.1) is 0 Å². The van der Waals surface area contributed by atoms with Crippen LogP contribution in [0.3, 0.4) is 0 Å². The highest BCUT2D eigenvalue weighted by Gasteiger charge is 2.17. The van der Waals surface area contributed by atoms with Gasteiger partial charge in [0.25, 0.3) is 5.91 Å². The van der Waals surface area contributed by atoms with Crippen molar-refractivity contribution in [3.05, 3.63) is 47.2 Å². The van der Waals surface area contributed by atoms with Crippen LogP contribution in [0.1, 0.15) is 26.4 Å². The van der Waals surface area contributed by atoms with Crippen LogP contribution >= 0.6 is 0 Å². The van der Waals surface area contributed by atoms with E-state index in [1.807, 2.05) is 0 Å². The molecule has 0 atom stereocenters. The van der Waals surface area contributed by atoms with E-state index in [-0.39, 0.29) is 5.56 Å². The number of benzene rings is 1. The summed E-state index contributed by atoms with van der Waals surface area (Å²) in [4.78, 5) is 27.3. The molecule has 0 spiro atoms. The van der Waals surface area contributed by atoms with Crippen molar-refractivity contribution in [2.45, 2.75) is 6.92 Å². The van der Waals surface area contributed by atoms with Gasteiger partial charge in [-0.1, -0.05) is 0 Å². The van der Waals surface area contributed by atoms with Gasteiger partial charge < -0.3 is 16.2 Å². The van der Waals surface area contributed by atoms with Gasteiger partial charge in [0.15, 0.2) is 0 Å². The molecule has 6 heteroatoms. The molecular weight excluding hydrogens is 270 g/mol. The molecular formula is C15H15N3O3. The van der Waals surface area contributed by atoms with E-state index in [4.69, 9.17) is 16.2 Å². The van der Waals surface area contributed by atoms with E-state index in [2.05, 4.69) is 4.98 Å². The van der Waals surface area contributed by atoms with Gasteiger partial charge in [-0.2, -0.15) is 0 Å². The van der Waals surface area contributed by atoms with Crippen LogP contribution in [-0.2, 0) is 0 Å². The average Bonchev–Trinajstić information content (AvgIpc) is 2.46. The summed E-state index contributed by atoms with van der Waals surface area (Å²) in [7, 11) is 1.49. The molecule has 0 bridgehead atoms. The number of aromatic nitrogens is 1. The first kappa shape index (κ1) is 14.5. The monoisotopic (exact) mass is 285 g/mol. The van der Waals surface area contributed by atoms with Gasteiger partial charge in [-0.3, -0.25) is 14.6 Å². The second kappa shape index (κ2) is 5.62. The van der Waals surface area contributed by atoms with Gasteiger partial charge in [-0.25, -0.2) is 0 Å². The molecule has 1 aromatic carbocycles. The molecule has 2 rings (SSSR count). The van der Waals surface area contributed by atoms with Crippen molar-refractivity contribution in [1.82, 2.24) is 4.98 Å². The Morgan fingerprint density at radius 3 is 2.38 bits per heavy atom. The highest BCUT2D eigenvalue weighted by molar-refractivity contribution is 6.01. The summed E-state index contributed by atoms with van der Waals surface area (Å²) in [6.45, 7) is 1.79. The first-order chi connectivity index (χ1) is 9.93. The number of pyridine rings is 1. The number of nitrogens with two attached hydrogens (primary N) is 2. The Bertz CT molecular complexity index is 726.